The number of benzene rings is 1. The quantitative estimate of drug-likeness (QED) is 0.514. The van der Waals surface area contributed by atoms with Crippen LogP contribution in [0, 0.1) is 0 Å². The molecule has 5 rings (SSSR count). The maximum Gasteiger partial charge on any atom is 0.343 e. The van der Waals surface area contributed by atoms with E-state index in [0.29, 0.717) is 23.4 Å². The first-order valence-electron chi connectivity index (χ1n) is 10.6. The number of anilines is 1. The van der Waals surface area contributed by atoms with Gasteiger partial charge in [0.1, 0.15) is 6.61 Å². The molecule has 0 aliphatic carbocycles. The molecule has 2 aliphatic heterocycles. The molecule has 1 N–H and O–H groups in total. The Hall–Kier alpha value is -3.19. The largest absolute Gasteiger partial charge is 0.458 e. The molecule has 160 valence electrons. The summed E-state index contributed by atoms with van der Waals surface area (Å²) in [6.07, 6.45) is 0.939. The van der Waals surface area contributed by atoms with Crippen molar-refractivity contribution >= 4 is 22.6 Å². The Balaban J connectivity index is 1.80. The molecule has 0 amide bonds. The van der Waals surface area contributed by atoms with Crippen LogP contribution in [0.15, 0.2) is 29.1 Å². The fourth-order valence-corrected chi connectivity index (χ4v) is 4.83. The third-order valence-electron chi connectivity index (χ3n) is 6.66. The van der Waals surface area contributed by atoms with Crippen molar-refractivity contribution < 1.29 is 14.6 Å². The third-order valence-corrected chi connectivity index (χ3v) is 6.66. The maximum atomic E-state index is 13.3. The number of rotatable bonds is 3. The molecule has 0 bridgehead atoms. The second-order valence-electron chi connectivity index (χ2n) is 8.47. The maximum absolute atomic E-state index is 13.3. The summed E-state index contributed by atoms with van der Waals surface area (Å²) in [6, 6.07) is 7.93. The number of hydrogen-bond donors (Lipinski definition) is 1. The molecule has 0 unspecified atom stereocenters. The number of carbonyl (C=O) groups excluding carboxylic acids is 1. The average molecular weight is 419 g/mol. The van der Waals surface area contributed by atoms with Gasteiger partial charge in [0, 0.05) is 36.3 Å². The van der Waals surface area contributed by atoms with Gasteiger partial charge >= 0.3 is 5.97 Å². The zero-order chi connectivity index (χ0) is 22.1. The molecule has 7 heteroatoms. The van der Waals surface area contributed by atoms with Crippen molar-refractivity contribution in [2.24, 2.45) is 0 Å². The normalized spacial score (nSPS) is 19.1. The number of aromatic nitrogens is 2. The minimum Gasteiger partial charge on any atom is -0.458 e. The van der Waals surface area contributed by atoms with Crippen LogP contribution >= 0.6 is 0 Å². The van der Waals surface area contributed by atoms with Crippen molar-refractivity contribution in [3.8, 4) is 11.4 Å². The lowest BCUT2D eigenvalue weighted by atomic mass is 9.86. The minimum atomic E-state index is -1.81. The van der Waals surface area contributed by atoms with E-state index in [1.807, 2.05) is 26.2 Å². The second kappa shape index (κ2) is 6.65. The molecule has 2 aromatic heterocycles. The van der Waals surface area contributed by atoms with Gasteiger partial charge in [-0.2, -0.15) is 0 Å². The zero-order valence-electron chi connectivity index (χ0n) is 18.2. The SMILES string of the molecule is CCc1c2c(nc3ccc(N(C)C)cc13)-c1cc3c(c(=O)n1C2)COC(=O)[C@]3(O)CC. The number of fused-ring (bicyclic) bond motifs is 5. The van der Waals surface area contributed by atoms with Crippen LogP contribution in [0.3, 0.4) is 0 Å². The van der Waals surface area contributed by atoms with Crippen LogP contribution in [0.2, 0.25) is 0 Å². The van der Waals surface area contributed by atoms with Gasteiger partial charge in [0.05, 0.1) is 29.0 Å². The van der Waals surface area contributed by atoms with E-state index in [1.54, 1.807) is 17.6 Å². The van der Waals surface area contributed by atoms with Gasteiger partial charge in [-0.05, 0) is 42.7 Å². The van der Waals surface area contributed by atoms with Crippen molar-refractivity contribution in [2.75, 3.05) is 19.0 Å². The molecule has 0 radical (unpaired) electrons. The monoisotopic (exact) mass is 419 g/mol. The van der Waals surface area contributed by atoms with E-state index in [9.17, 15) is 14.7 Å². The lowest BCUT2D eigenvalue weighted by Crippen LogP contribution is -2.44. The molecule has 0 saturated heterocycles. The first kappa shape index (κ1) is 19.8. The molecule has 0 fully saturated rings. The van der Waals surface area contributed by atoms with E-state index >= 15 is 0 Å². The van der Waals surface area contributed by atoms with Gasteiger partial charge in [-0.1, -0.05) is 13.8 Å². The summed E-state index contributed by atoms with van der Waals surface area (Å²) in [5.74, 6) is -0.706. The number of hydrogen-bond acceptors (Lipinski definition) is 6. The Kier molecular flexibility index (Phi) is 4.24. The number of cyclic esters (lactones) is 1. The molecule has 0 spiro atoms. The summed E-state index contributed by atoms with van der Waals surface area (Å²) in [4.78, 5) is 32.6. The van der Waals surface area contributed by atoms with Gasteiger partial charge in [0.15, 0.2) is 5.60 Å². The highest BCUT2D eigenvalue weighted by molar-refractivity contribution is 5.91. The smallest absolute Gasteiger partial charge is 0.343 e. The predicted molar refractivity (Wildman–Crippen MR) is 118 cm³/mol. The summed E-state index contributed by atoms with van der Waals surface area (Å²) >= 11 is 0. The summed E-state index contributed by atoms with van der Waals surface area (Å²) < 4.78 is 6.84. The highest BCUT2D eigenvalue weighted by Gasteiger charge is 2.45. The first-order chi connectivity index (χ1) is 14.8. The number of aryl methyl sites for hydroxylation is 1. The van der Waals surface area contributed by atoms with Crippen LogP contribution in [0.5, 0.6) is 0 Å². The van der Waals surface area contributed by atoms with Gasteiger partial charge in [-0.15, -0.1) is 0 Å². The second-order valence-corrected chi connectivity index (χ2v) is 8.47. The van der Waals surface area contributed by atoms with Gasteiger partial charge in [-0.25, -0.2) is 9.78 Å². The summed E-state index contributed by atoms with van der Waals surface area (Å²) in [5, 5.41) is 12.1. The summed E-state index contributed by atoms with van der Waals surface area (Å²) in [7, 11) is 4.01. The van der Waals surface area contributed by atoms with Crippen molar-refractivity contribution in [1.29, 1.82) is 0 Å². The molecule has 4 heterocycles. The molecule has 0 saturated carbocycles. The number of pyridine rings is 2. The molecular weight excluding hydrogens is 394 g/mol. The van der Waals surface area contributed by atoms with E-state index in [2.05, 4.69) is 17.9 Å². The van der Waals surface area contributed by atoms with E-state index in [-0.39, 0.29) is 18.6 Å². The Labute approximate surface area is 179 Å². The van der Waals surface area contributed by atoms with Gasteiger partial charge in [0.2, 0.25) is 0 Å². The molecule has 2 aliphatic rings. The minimum absolute atomic E-state index is 0.117. The Morgan fingerprint density at radius 2 is 1.97 bits per heavy atom. The van der Waals surface area contributed by atoms with Crippen LogP contribution in [0.1, 0.15) is 42.5 Å². The van der Waals surface area contributed by atoms with Crippen molar-refractivity contribution in [1.82, 2.24) is 9.55 Å². The van der Waals surface area contributed by atoms with Gasteiger partial charge in [-0.3, -0.25) is 4.79 Å². The zero-order valence-corrected chi connectivity index (χ0v) is 18.2. The Bertz CT molecular complexity index is 1320. The Morgan fingerprint density at radius 3 is 2.65 bits per heavy atom. The van der Waals surface area contributed by atoms with Crippen LogP contribution in [-0.2, 0) is 34.7 Å². The third kappa shape index (κ3) is 2.59. The first-order valence-corrected chi connectivity index (χ1v) is 10.6. The highest BCUT2D eigenvalue weighted by Crippen LogP contribution is 2.40. The molecule has 1 atom stereocenters. The van der Waals surface area contributed by atoms with Crippen LogP contribution in [-0.4, -0.2) is 34.7 Å². The Morgan fingerprint density at radius 1 is 1.19 bits per heavy atom. The fourth-order valence-electron chi connectivity index (χ4n) is 4.83. The molecule has 7 nitrogen and oxygen atoms in total. The van der Waals surface area contributed by atoms with Crippen LogP contribution < -0.4 is 10.5 Å². The van der Waals surface area contributed by atoms with Crippen molar-refractivity contribution in [3.63, 3.8) is 0 Å². The van der Waals surface area contributed by atoms with E-state index in [1.165, 1.54) is 5.56 Å². The average Bonchev–Trinajstić information content (AvgIpc) is 3.13. The lowest BCUT2D eigenvalue weighted by molar-refractivity contribution is -0.172. The standard InChI is InChI=1S/C24H25N3O4/c1-5-14-15-9-13(26(3)4)7-8-19(15)25-21-16(14)11-27-20(21)10-18-17(22(27)28)12-31-23(29)24(18,30)6-2/h7-10,30H,5-6,11-12H2,1-4H3/t24-/m0/s1. The number of nitrogens with zero attached hydrogens (tertiary/aromatic N) is 3. The van der Waals surface area contributed by atoms with E-state index in [0.717, 1.165) is 34.3 Å². The van der Waals surface area contributed by atoms with Crippen molar-refractivity contribution in [2.45, 2.75) is 45.4 Å². The molecule has 31 heavy (non-hydrogen) atoms. The summed E-state index contributed by atoms with van der Waals surface area (Å²) in [6.45, 7) is 4.12. The molecule has 1 aromatic carbocycles. The number of ether oxygens (including phenoxy) is 1. The van der Waals surface area contributed by atoms with Gasteiger partial charge in [0.25, 0.3) is 5.56 Å². The summed E-state index contributed by atoms with van der Waals surface area (Å²) in [5.41, 5.74) is 4.20. The van der Waals surface area contributed by atoms with Gasteiger partial charge < -0.3 is 19.3 Å². The number of carbonyl (C=O) groups is 1. The molecular formula is C24H25N3O4. The predicted octanol–water partition coefficient (Wildman–Crippen LogP) is 2.71. The van der Waals surface area contributed by atoms with Crippen LogP contribution in [0.25, 0.3) is 22.3 Å². The van der Waals surface area contributed by atoms with E-state index < -0.39 is 11.6 Å². The highest BCUT2D eigenvalue weighted by atomic mass is 16.6. The molecule has 3 aromatic rings. The van der Waals surface area contributed by atoms with Crippen molar-refractivity contribution in [3.05, 3.63) is 56.9 Å². The number of esters is 1. The fraction of sp³-hybridized carbons (Fsp3) is 0.375. The van der Waals surface area contributed by atoms with E-state index in [4.69, 9.17) is 9.72 Å². The number of aliphatic hydroxyl groups is 1. The van der Waals surface area contributed by atoms with Crippen LogP contribution in [0.4, 0.5) is 5.69 Å². The lowest BCUT2D eigenvalue weighted by Gasteiger charge is -2.31. The topological polar surface area (TPSA) is 84.7 Å².